The summed E-state index contributed by atoms with van der Waals surface area (Å²) in [5.74, 6) is 1.63. The van der Waals surface area contributed by atoms with Crippen molar-refractivity contribution < 1.29 is 4.74 Å². The third-order valence-electron chi connectivity index (χ3n) is 3.69. The summed E-state index contributed by atoms with van der Waals surface area (Å²) >= 11 is 0. The minimum atomic E-state index is 0.535. The SMILES string of the molecule is CC(C)CCCCOC1CCN(CC(C)C)CC1. The van der Waals surface area contributed by atoms with Crippen molar-refractivity contribution in [2.45, 2.75) is 65.9 Å². The van der Waals surface area contributed by atoms with Crippen LogP contribution in [0.3, 0.4) is 0 Å². The van der Waals surface area contributed by atoms with Gasteiger partial charge >= 0.3 is 0 Å². The van der Waals surface area contributed by atoms with Crippen molar-refractivity contribution in [1.82, 2.24) is 4.90 Å². The molecule has 1 aliphatic rings. The number of piperidine rings is 1. The zero-order valence-electron chi connectivity index (χ0n) is 13.0. The van der Waals surface area contributed by atoms with E-state index < -0.39 is 0 Å². The van der Waals surface area contributed by atoms with Crippen molar-refractivity contribution in [3.05, 3.63) is 0 Å². The van der Waals surface area contributed by atoms with E-state index in [1.54, 1.807) is 0 Å². The zero-order chi connectivity index (χ0) is 13.4. The molecule has 0 atom stereocenters. The zero-order valence-corrected chi connectivity index (χ0v) is 13.0. The Morgan fingerprint density at radius 2 is 1.67 bits per heavy atom. The first kappa shape index (κ1) is 16.0. The van der Waals surface area contributed by atoms with Gasteiger partial charge in [-0.2, -0.15) is 0 Å². The van der Waals surface area contributed by atoms with Gasteiger partial charge in [-0.25, -0.2) is 0 Å². The third-order valence-corrected chi connectivity index (χ3v) is 3.69. The molecule has 0 aliphatic carbocycles. The van der Waals surface area contributed by atoms with Crippen LogP contribution in [0.25, 0.3) is 0 Å². The fourth-order valence-corrected chi connectivity index (χ4v) is 2.68. The second kappa shape index (κ2) is 8.92. The number of unbranched alkanes of at least 4 members (excludes halogenated alkanes) is 1. The van der Waals surface area contributed by atoms with Crippen molar-refractivity contribution in [3.63, 3.8) is 0 Å². The van der Waals surface area contributed by atoms with Gasteiger partial charge in [0.25, 0.3) is 0 Å². The first-order valence-electron chi connectivity index (χ1n) is 7.92. The molecule has 1 rings (SSSR count). The third kappa shape index (κ3) is 7.38. The maximum absolute atomic E-state index is 5.99. The Kier molecular flexibility index (Phi) is 7.92. The Morgan fingerprint density at radius 1 is 1.00 bits per heavy atom. The molecule has 0 bridgehead atoms. The molecule has 0 aromatic rings. The van der Waals surface area contributed by atoms with Crippen molar-refractivity contribution in [3.8, 4) is 0 Å². The normalized spacial score (nSPS) is 19.0. The highest BCUT2D eigenvalue weighted by atomic mass is 16.5. The average molecular weight is 255 g/mol. The fraction of sp³-hybridized carbons (Fsp3) is 1.00. The van der Waals surface area contributed by atoms with Gasteiger partial charge in [-0.3, -0.25) is 0 Å². The van der Waals surface area contributed by atoms with Gasteiger partial charge in [0, 0.05) is 26.2 Å². The van der Waals surface area contributed by atoms with E-state index in [-0.39, 0.29) is 0 Å². The van der Waals surface area contributed by atoms with Crippen molar-refractivity contribution in [2.24, 2.45) is 11.8 Å². The first-order valence-corrected chi connectivity index (χ1v) is 7.92. The van der Waals surface area contributed by atoms with Gasteiger partial charge in [0.2, 0.25) is 0 Å². The minimum Gasteiger partial charge on any atom is -0.378 e. The maximum Gasteiger partial charge on any atom is 0.0599 e. The van der Waals surface area contributed by atoms with Crippen LogP contribution in [0.1, 0.15) is 59.8 Å². The molecule has 18 heavy (non-hydrogen) atoms. The molecule has 0 amide bonds. The van der Waals surface area contributed by atoms with Gasteiger partial charge in [0.15, 0.2) is 0 Å². The molecular weight excluding hydrogens is 222 g/mol. The maximum atomic E-state index is 5.99. The molecule has 2 heteroatoms. The van der Waals surface area contributed by atoms with Gasteiger partial charge in [0.1, 0.15) is 0 Å². The highest BCUT2D eigenvalue weighted by Gasteiger charge is 2.19. The molecule has 0 spiro atoms. The quantitative estimate of drug-likeness (QED) is 0.609. The molecule has 2 nitrogen and oxygen atoms in total. The highest BCUT2D eigenvalue weighted by molar-refractivity contribution is 4.73. The van der Waals surface area contributed by atoms with Crippen LogP contribution in [-0.2, 0) is 4.74 Å². The summed E-state index contributed by atoms with van der Waals surface area (Å²) in [5, 5.41) is 0. The van der Waals surface area contributed by atoms with Crippen molar-refractivity contribution >= 4 is 0 Å². The summed E-state index contributed by atoms with van der Waals surface area (Å²) in [6, 6.07) is 0. The summed E-state index contributed by atoms with van der Waals surface area (Å²) in [5.41, 5.74) is 0. The van der Waals surface area contributed by atoms with E-state index in [4.69, 9.17) is 4.74 Å². The number of hydrogen-bond acceptors (Lipinski definition) is 2. The standard InChI is InChI=1S/C16H33NO/c1-14(2)7-5-6-12-18-16-8-10-17(11-9-16)13-15(3)4/h14-16H,5-13H2,1-4H3. The van der Waals surface area contributed by atoms with Crippen LogP contribution in [0.2, 0.25) is 0 Å². The lowest BCUT2D eigenvalue weighted by atomic mass is 10.1. The average Bonchev–Trinajstić information content (AvgIpc) is 2.30. The largest absolute Gasteiger partial charge is 0.378 e. The van der Waals surface area contributed by atoms with E-state index >= 15 is 0 Å². The van der Waals surface area contributed by atoms with E-state index in [0.29, 0.717) is 6.10 Å². The Morgan fingerprint density at radius 3 is 2.22 bits per heavy atom. The summed E-state index contributed by atoms with van der Waals surface area (Å²) in [6.07, 6.45) is 6.91. The number of hydrogen-bond donors (Lipinski definition) is 0. The lowest BCUT2D eigenvalue weighted by Gasteiger charge is -2.32. The van der Waals surface area contributed by atoms with Crippen LogP contribution in [-0.4, -0.2) is 37.2 Å². The number of rotatable bonds is 8. The second-order valence-corrected chi connectivity index (χ2v) is 6.65. The Hall–Kier alpha value is -0.0800. The molecule has 0 radical (unpaired) electrons. The van der Waals surface area contributed by atoms with E-state index in [0.717, 1.165) is 18.4 Å². The Labute approximate surface area is 114 Å². The monoisotopic (exact) mass is 255 g/mol. The summed E-state index contributed by atoms with van der Waals surface area (Å²) in [7, 11) is 0. The van der Waals surface area contributed by atoms with Crippen LogP contribution >= 0.6 is 0 Å². The first-order chi connectivity index (χ1) is 8.58. The van der Waals surface area contributed by atoms with Crippen LogP contribution < -0.4 is 0 Å². The van der Waals surface area contributed by atoms with E-state index in [1.165, 1.54) is 51.7 Å². The Bertz CT molecular complexity index is 195. The van der Waals surface area contributed by atoms with Crippen LogP contribution in [0.15, 0.2) is 0 Å². The summed E-state index contributed by atoms with van der Waals surface area (Å²) < 4.78 is 5.99. The second-order valence-electron chi connectivity index (χ2n) is 6.65. The van der Waals surface area contributed by atoms with E-state index in [9.17, 15) is 0 Å². The van der Waals surface area contributed by atoms with E-state index in [1.807, 2.05) is 0 Å². The topological polar surface area (TPSA) is 12.5 Å². The summed E-state index contributed by atoms with van der Waals surface area (Å²) in [4.78, 5) is 2.59. The highest BCUT2D eigenvalue weighted by Crippen LogP contribution is 2.16. The van der Waals surface area contributed by atoms with Crippen LogP contribution in [0, 0.1) is 11.8 Å². The van der Waals surface area contributed by atoms with Gasteiger partial charge in [0.05, 0.1) is 6.10 Å². The van der Waals surface area contributed by atoms with Crippen molar-refractivity contribution in [2.75, 3.05) is 26.2 Å². The lowest BCUT2D eigenvalue weighted by molar-refractivity contribution is 0.00372. The molecule has 1 saturated heterocycles. The van der Waals surface area contributed by atoms with Gasteiger partial charge in [-0.1, -0.05) is 40.5 Å². The number of ether oxygens (including phenoxy) is 1. The predicted molar refractivity (Wildman–Crippen MR) is 78.9 cm³/mol. The van der Waals surface area contributed by atoms with Gasteiger partial charge in [-0.05, 0) is 31.1 Å². The van der Waals surface area contributed by atoms with Crippen LogP contribution in [0.5, 0.6) is 0 Å². The molecule has 0 saturated carbocycles. The molecule has 1 fully saturated rings. The smallest absolute Gasteiger partial charge is 0.0599 e. The molecule has 0 aromatic carbocycles. The van der Waals surface area contributed by atoms with Gasteiger partial charge < -0.3 is 9.64 Å². The minimum absolute atomic E-state index is 0.535. The lowest BCUT2D eigenvalue weighted by Crippen LogP contribution is -2.39. The molecule has 0 aromatic heterocycles. The Balaban J connectivity index is 1.98. The molecular formula is C16H33NO. The number of likely N-dealkylation sites (tertiary alicyclic amines) is 1. The van der Waals surface area contributed by atoms with E-state index in [2.05, 4.69) is 32.6 Å². The molecule has 1 heterocycles. The van der Waals surface area contributed by atoms with Gasteiger partial charge in [-0.15, -0.1) is 0 Å². The predicted octanol–water partition coefficient (Wildman–Crippen LogP) is 3.95. The van der Waals surface area contributed by atoms with Crippen LogP contribution in [0.4, 0.5) is 0 Å². The molecule has 108 valence electrons. The fourth-order valence-electron chi connectivity index (χ4n) is 2.68. The molecule has 0 N–H and O–H groups in total. The molecule has 1 aliphatic heterocycles. The molecule has 0 unspecified atom stereocenters. The summed E-state index contributed by atoms with van der Waals surface area (Å²) in [6.45, 7) is 13.9. The van der Waals surface area contributed by atoms with Crippen molar-refractivity contribution in [1.29, 1.82) is 0 Å². The number of nitrogens with zero attached hydrogens (tertiary/aromatic N) is 1.